The second-order valence-corrected chi connectivity index (χ2v) is 5.60. The van der Waals surface area contributed by atoms with E-state index in [0.717, 1.165) is 0 Å². The number of rotatable bonds is 4. The third-order valence-corrected chi connectivity index (χ3v) is 3.80. The Morgan fingerprint density at radius 2 is 2.00 bits per heavy atom. The van der Waals surface area contributed by atoms with E-state index < -0.39 is 0 Å². The highest BCUT2D eigenvalue weighted by molar-refractivity contribution is 6.36. The normalized spacial score (nSPS) is 11.1. The summed E-state index contributed by atoms with van der Waals surface area (Å²) in [4.78, 5) is 1.84. The highest BCUT2D eigenvalue weighted by Gasteiger charge is 2.14. The Hall–Kier alpha value is -1.89. The van der Waals surface area contributed by atoms with Crippen molar-refractivity contribution in [3.05, 3.63) is 40.4 Å². The van der Waals surface area contributed by atoms with Crippen molar-refractivity contribution in [2.45, 2.75) is 0 Å². The minimum Gasteiger partial charge on any atom is -0.395 e. The van der Waals surface area contributed by atoms with Crippen molar-refractivity contribution in [3.8, 4) is 11.4 Å². The lowest BCUT2D eigenvalue weighted by molar-refractivity contribution is 0.303. The van der Waals surface area contributed by atoms with Crippen LogP contribution in [0.2, 0.25) is 10.0 Å². The standard InChI is InChI=1S/C14H13Cl2N5O/c1-20(6-7-22)13-5-4-12-17-18-14(21(12)19-13)10-3-2-9(15)8-11(10)16/h2-5,8,22H,6-7H2,1H3. The van der Waals surface area contributed by atoms with Gasteiger partial charge in [0.15, 0.2) is 11.5 Å². The number of nitrogens with zero attached hydrogens (tertiary/aromatic N) is 5. The highest BCUT2D eigenvalue weighted by Crippen LogP contribution is 2.29. The van der Waals surface area contributed by atoms with Crippen molar-refractivity contribution >= 4 is 34.7 Å². The number of benzene rings is 1. The van der Waals surface area contributed by atoms with Gasteiger partial charge >= 0.3 is 0 Å². The van der Waals surface area contributed by atoms with Gasteiger partial charge in [-0.3, -0.25) is 0 Å². The monoisotopic (exact) mass is 337 g/mol. The van der Waals surface area contributed by atoms with E-state index in [-0.39, 0.29) is 6.61 Å². The molecule has 22 heavy (non-hydrogen) atoms. The van der Waals surface area contributed by atoms with Crippen LogP contribution in [0.3, 0.4) is 0 Å². The minimum atomic E-state index is 0.0499. The number of fused-ring (bicyclic) bond motifs is 1. The van der Waals surface area contributed by atoms with Gasteiger partial charge in [0.25, 0.3) is 0 Å². The molecule has 1 aromatic carbocycles. The largest absolute Gasteiger partial charge is 0.395 e. The van der Waals surface area contributed by atoms with Gasteiger partial charge in [-0.05, 0) is 30.3 Å². The second kappa shape index (κ2) is 6.08. The molecule has 114 valence electrons. The minimum absolute atomic E-state index is 0.0499. The number of hydrogen-bond donors (Lipinski definition) is 1. The van der Waals surface area contributed by atoms with Gasteiger partial charge in [0, 0.05) is 24.2 Å². The van der Waals surface area contributed by atoms with Crippen molar-refractivity contribution in [1.29, 1.82) is 0 Å². The number of halogens is 2. The lowest BCUT2D eigenvalue weighted by Gasteiger charge is -2.16. The summed E-state index contributed by atoms with van der Waals surface area (Å²) in [6.45, 7) is 0.534. The molecule has 0 spiro atoms. The third kappa shape index (κ3) is 2.72. The number of aliphatic hydroxyl groups excluding tert-OH is 1. The molecule has 1 N–H and O–H groups in total. The van der Waals surface area contributed by atoms with E-state index in [2.05, 4.69) is 15.3 Å². The van der Waals surface area contributed by atoms with E-state index in [0.29, 0.717) is 39.4 Å². The number of aromatic nitrogens is 4. The predicted octanol–water partition coefficient (Wildman–Crippen LogP) is 2.53. The fraction of sp³-hybridized carbons (Fsp3) is 0.214. The van der Waals surface area contributed by atoms with Gasteiger partial charge in [-0.25, -0.2) is 0 Å². The van der Waals surface area contributed by atoms with Crippen molar-refractivity contribution in [1.82, 2.24) is 19.8 Å². The topological polar surface area (TPSA) is 66.5 Å². The zero-order valence-electron chi connectivity index (χ0n) is 11.7. The molecule has 0 saturated heterocycles. The van der Waals surface area contributed by atoms with Gasteiger partial charge < -0.3 is 10.0 Å². The van der Waals surface area contributed by atoms with Crippen LogP contribution in [0.25, 0.3) is 17.0 Å². The molecule has 0 amide bonds. The molecule has 0 radical (unpaired) electrons. The van der Waals surface area contributed by atoms with Crippen LogP contribution in [0.5, 0.6) is 0 Å². The van der Waals surface area contributed by atoms with E-state index in [1.54, 1.807) is 22.7 Å². The van der Waals surface area contributed by atoms with Gasteiger partial charge in [0.05, 0.1) is 11.6 Å². The molecule has 0 unspecified atom stereocenters. The lowest BCUT2D eigenvalue weighted by atomic mass is 10.2. The summed E-state index contributed by atoms with van der Waals surface area (Å²) in [5, 5.41) is 22.8. The molecule has 6 nitrogen and oxygen atoms in total. The van der Waals surface area contributed by atoms with Crippen molar-refractivity contribution < 1.29 is 5.11 Å². The van der Waals surface area contributed by atoms with E-state index in [4.69, 9.17) is 28.3 Å². The molecule has 2 heterocycles. The number of anilines is 1. The van der Waals surface area contributed by atoms with Crippen LogP contribution >= 0.6 is 23.2 Å². The zero-order chi connectivity index (χ0) is 15.7. The zero-order valence-corrected chi connectivity index (χ0v) is 13.3. The molecule has 3 rings (SSSR count). The van der Waals surface area contributed by atoms with Crippen LogP contribution < -0.4 is 4.90 Å². The summed E-state index contributed by atoms with van der Waals surface area (Å²) < 4.78 is 1.62. The molecular weight excluding hydrogens is 325 g/mol. The molecule has 0 aliphatic heterocycles. The van der Waals surface area contributed by atoms with Gasteiger partial charge in [0.1, 0.15) is 5.82 Å². The van der Waals surface area contributed by atoms with Crippen LogP contribution in [-0.2, 0) is 0 Å². The van der Waals surface area contributed by atoms with Gasteiger partial charge in [0.2, 0.25) is 0 Å². The second-order valence-electron chi connectivity index (χ2n) is 4.75. The fourth-order valence-electron chi connectivity index (χ4n) is 2.09. The molecule has 0 atom stereocenters. The Balaban J connectivity index is 2.12. The maximum absolute atomic E-state index is 9.04. The average molecular weight is 338 g/mol. The van der Waals surface area contributed by atoms with E-state index in [9.17, 15) is 0 Å². The molecule has 0 aliphatic carbocycles. The Bertz CT molecular complexity index is 820. The Morgan fingerprint density at radius 3 is 2.73 bits per heavy atom. The maximum atomic E-state index is 9.04. The lowest BCUT2D eigenvalue weighted by Crippen LogP contribution is -2.22. The molecule has 2 aromatic heterocycles. The first kappa shape index (κ1) is 15.0. The Labute approximate surface area is 136 Å². The number of hydrogen-bond acceptors (Lipinski definition) is 5. The fourth-order valence-corrected chi connectivity index (χ4v) is 2.58. The van der Waals surface area contributed by atoms with Gasteiger partial charge in [-0.15, -0.1) is 15.3 Å². The molecule has 0 bridgehead atoms. The molecule has 8 heteroatoms. The summed E-state index contributed by atoms with van der Waals surface area (Å²) in [7, 11) is 1.85. The van der Waals surface area contributed by atoms with Gasteiger partial charge in [-0.2, -0.15) is 4.52 Å². The Morgan fingerprint density at radius 1 is 1.18 bits per heavy atom. The molecule has 0 aliphatic rings. The quantitative estimate of drug-likeness (QED) is 0.792. The van der Waals surface area contributed by atoms with Crippen LogP contribution in [0, 0.1) is 0 Å². The van der Waals surface area contributed by atoms with Crippen molar-refractivity contribution in [2.24, 2.45) is 0 Å². The third-order valence-electron chi connectivity index (χ3n) is 3.25. The Kier molecular flexibility index (Phi) is 4.15. The first-order valence-electron chi connectivity index (χ1n) is 6.60. The van der Waals surface area contributed by atoms with Gasteiger partial charge in [-0.1, -0.05) is 23.2 Å². The van der Waals surface area contributed by atoms with E-state index in [1.807, 2.05) is 24.1 Å². The van der Waals surface area contributed by atoms with Crippen LogP contribution in [0.1, 0.15) is 0 Å². The summed E-state index contributed by atoms with van der Waals surface area (Å²) >= 11 is 12.2. The molecule has 3 aromatic rings. The number of likely N-dealkylation sites (N-methyl/N-ethyl adjacent to an activating group) is 1. The predicted molar refractivity (Wildman–Crippen MR) is 86.6 cm³/mol. The average Bonchev–Trinajstić information content (AvgIpc) is 2.90. The molecule has 0 fully saturated rings. The first-order valence-corrected chi connectivity index (χ1v) is 7.35. The van der Waals surface area contributed by atoms with Crippen molar-refractivity contribution in [3.63, 3.8) is 0 Å². The summed E-state index contributed by atoms with van der Waals surface area (Å²) in [5.74, 6) is 1.24. The van der Waals surface area contributed by atoms with Crippen LogP contribution in [0.15, 0.2) is 30.3 Å². The van der Waals surface area contributed by atoms with Crippen LogP contribution in [-0.4, -0.2) is 45.1 Å². The smallest absolute Gasteiger partial charge is 0.186 e. The number of aliphatic hydroxyl groups is 1. The molecule has 0 saturated carbocycles. The summed E-state index contributed by atoms with van der Waals surface area (Å²) in [6, 6.07) is 8.82. The summed E-state index contributed by atoms with van der Waals surface area (Å²) in [6.07, 6.45) is 0. The summed E-state index contributed by atoms with van der Waals surface area (Å²) in [5.41, 5.74) is 1.31. The highest BCUT2D eigenvalue weighted by atomic mass is 35.5. The van der Waals surface area contributed by atoms with Crippen LogP contribution in [0.4, 0.5) is 5.82 Å². The van der Waals surface area contributed by atoms with E-state index >= 15 is 0 Å². The maximum Gasteiger partial charge on any atom is 0.186 e. The molecular formula is C14H13Cl2N5O. The van der Waals surface area contributed by atoms with Crippen molar-refractivity contribution in [2.75, 3.05) is 25.1 Å². The SMILES string of the molecule is CN(CCO)c1ccc2nnc(-c3ccc(Cl)cc3Cl)n2n1. The first-order chi connectivity index (χ1) is 10.6. The van der Waals surface area contributed by atoms with E-state index in [1.165, 1.54) is 0 Å².